The van der Waals surface area contributed by atoms with Crippen LogP contribution in [0.3, 0.4) is 0 Å². The Labute approximate surface area is 175 Å². The quantitative estimate of drug-likeness (QED) is 0.650. The molecule has 1 aromatic carbocycles. The lowest BCUT2D eigenvalue weighted by Crippen LogP contribution is -2.41. The molecule has 1 N–H and O–H groups in total. The molecular formula is C22H26N4O2S. The molecule has 0 spiro atoms. The molecule has 0 aliphatic carbocycles. The van der Waals surface area contributed by atoms with E-state index in [1.54, 1.807) is 11.3 Å². The fourth-order valence-corrected chi connectivity index (χ4v) is 4.25. The first-order valence-electron chi connectivity index (χ1n) is 9.94. The van der Waals surface area contributed by atoms with Crippen molar-refractivity contribution in [2.45, 2.75) is 13.5 Å². The Hall–Kier alpha value is -2.48. The molecule has 152 valence electrons. The molecule has 3 aromatic rings. The Kier molecular flexibility index (Phi) is 6.39. The highest BCUT2D eigenvalue weighted by Gasteiger charge is 2.13. The molecule has 0 saturated carbocycles. The normalized spacial score (nSPS) is 14.8. The zero-order chi connectivity index (χ0) is 20.1. The highest BCUT2D eigenvalue weighted by molar-refractivity contribution is 7.13. The number of nitrogens with zero attached hydrogens (tertiary/aromatic N) is 3. The van der Waals surface area contributed by atoms with Gasteiger partial charge in [-0.05, 0) is 19.1 Å². The number of carbonyl (C=O) groups is 1. The van der Waals surface area contributed by atoms with Gasteiger partial charge in [0, 0.05) is 43.3 Å². The summed E-state index contributed by atoms with van der Waals surface area (Å²) in [6.07, 6.45) is 1.93. The first-order chi connectivity index (χ1) is 14.2. The van der Waals surface area contributed by atoms with Crippen LogP contribution in [-0.4, -0.2) is 59.8 Å². The summed E-state index contributed by atoms with van der Waals surface area (Å²) in [5, 5.41) is 6.02. The van der Waals surface area contributed by atoms with Crippen LogP contribution in [0.4, 0.5) is 0 Å². The van der Waals surface area contributed by atoms with Crippen molar-refractivity contribution in [1.82, 2.24) is 19.8 Å². The highest BCUT2D eigenvalue weighted by atomic mass is 32.1. The van der Waals surface area contributed by atoms with E-state index in [1.807, 2.05) is 22.9 Å². The van der Waals surface area contributed by atoms with Gasteiger partial charge >= 0.3 is 0 Å². The zero-order valence-corrected chi connectivity index (χ0v) is 17.5. The number of rotatable bonds is 7. The number of aromatic nitrogens is 2. The van der Waals surface area contributed by atoms with E-state index in [2.05, 4.69) is 46.8 Å². The Balaban J connectivity index is 1.36. The summed E-state index contributed by atoms with van der Waals surface area (Å²) in [5.41, 5.74) is 4.28. The second-order valence-electron chi connectivity index (χ2n) is 7.23. The number of hydrogen-bond donors (Lipinski definition) is 1. The van der Waals surface area contributed by atoms with Gasteiger partial charge in [-0.15, -0.1) is 11.3 Å². The van der Waals surface area contributed by atoms with Crippen LogP contribution in [-0.2, 0) is 16.1 Å². The molecule has 29 heavy (non-hydrogen) atoms. The van der Waals surface area contributed by atoms with E-state index in [1.165, 1.54) is 5.56 Å². The maximum atomic E-state index is 12.4. The first-order valence-corrected chi connectivity index (χ1v) is 10.8. The predicted octanol–water partition coefficient (Wildman–Crippen LogP) is 3.04. The molecule has 3 heterocycles. The summed E-state index contributed by atoms with van der Waals surface area (Å²) in [7, 11) is 0. The van der Waals surface area contributed by atoms with Gasteiger partial charge in [-0.25, -0.2) is 4.98 Å². The van der Waals surface area contributed by atoms with Crippen molar-refractivity contribution >= 4 is 17.2 Å². The molecular weight excluding hydrogens is 384 g/mol. The number of benzene rings is 1. The molecule has 7 heteroatoms. The average molecular weight is 411 g/mol. The van der Waals surface area contributed by atoms with E-state index in [0.29, 0.717) is 13.1 Å². The van der Waals surface area contributed by atoms with Crippen molar-refractivity contribution in [2.24, 2.45) is 0 Å². The lowest BCUT2D eigenvalue weighted by atomic mass is 10.1. The SMILES string of the molecule is Cc1ccc(-c2csc(-c3cccn3CC(=O)NCCN3CCOCC3)n2)cc1. The van der Waals surface area contributed by atoms with Crippen LogP contribution in [0.2, 0.25) is 0 Å². The van der Waals surface area contributed by atoms with Crippen LogP contribution >= 0.6 is 11.3 Å². The minimum Gasteiger partial charge on any atom is -0.379 e. The van der Waals surface area contributed by atoms with Crippen molar-refractivity contribution < 1.29 is 9.53 Å². The molecule has 4 rings (SSSR count). The summed E-state index contributed by atoms with van der Waals surface area (Å²) >= 11 is 1.60. The van der Waals surface area contributed by atoms with Crippen molar-refractivity contribution in [3.63, 3.8) is 0 Å². The van der Waals surface area contributed by atoms with Crippen molar-refractivity contribution in [3.05, 3.63) is 53.5 Å². The topological polar surface area (TPSA) is 59.4 Å². The molecule has 0 bridgehead atoms. The maximum absolute atomic E-state index is 12.4. The van der Waals surface area contributed by atoms with Gasteiger partial charge in [0.2, 0.25) is 5.91 Å². The van der Waals surface area contributed by atoms with Gasteiger partial charge in [-0.1, -0.05) is 29.8 Å². The number of thiazole rings is 1. The summed E-state index contributed by atoms with van der Waals surface area (Å²) in [6.45, 7) is 7.32. The highest BCUT2D eigenvalue weighted by Crippen LogP contribution is 2.29. The third-order valence-corrected chi connectivity index (χ3v) is 5.93. The Morgan fingerprint density at radius 1 is 1.21 bits per heavy atom. The molecule has 1 fully saturated rings. The first kappa shape index (κ1) is 19.8. The van der Waals surface area contributed by atoms with Crippen molar-refractivity contribution in [1.29, 1.82) is 0 Å². The largest absolute Gasteiger partial charge is 0.379 e. The molecule has 1 aliphatic heterocycles. The molecule has 6 nitrogen and oxygen atoms in total. The Bertz CT molecular complexity index is 942. The van der Waals surface area contributed by atoms with Crippen LogP contribution in [0.25, 0.3) is 22.0 Å². The van der Waals surface area contributed by atoms with E-state index in [9.17, 15) is 4.79 Å². The summed E-state index contributed by atoms with van der Waals surface area (Å²) < 4.78 is 7.31. The van der Waals surface area contributed by atoms with E-state index in [-0.39, 0.29) is 5.91 Å². The van der Waals surface area contributed by atoms with Crippen LogP contribution in [0.1, 0.15) is 5.56 Å². The maximum Gasteiger partial charge on any atom is 0.239 e. The van der Waals surface area contributed by atoms with Crippen LogP contribution < -0.4 is 5.32 Å². The summed E-state index contributed by atoms with van der Waals surface area (Å²) in [6, 6.07) is 12.4. The van der Waals surface area contributed by atoms with Crippen LogP contribution in [0.15, 0.2) is 48.0 Å². The number of aryl methyl sites for hydroxylation is 1. The van der Waals surface area contributed by atoms with Crippen LogP contribution in [0.5, 0.6) is 0 Å². The smallest absolute Gasteiger partial charge is 0.239 e. The number of nitrogens with one attached hydrogen (secondary N) is 1. The third-order valence-electron chi connectivity index (χ3n) is 5.07. The van der Waals surface area contributed by atoms with Gasteiger partial charge in [0.05, 0.1) is 24.6 Å². The lowest BCUT2D eigenvalue weighted by molar-refractivity contribution is -0.121. The van der Waals surface area contributed by atoms with E-state index in [0.717, 1.165) is 54.8 Å². The van der Waals surface area contributed by atoms with E-state index in [4.69, 9.17) is 9.72 Å². The number of ether oxygens (including phenoxy) is 1. The van der Waals surface area contributed by atoms with Crippen LogP contribution in [0, 0.1) is 6.92 Å². The van der Waals surface area contributed by atoms with Crippen molar-refractivity contribution in [3.8, 4) is 22.0 Å². The summed E-state index contributed by atoms with van der Waals surface area (Å²) in [4.78, 5) is 19.5. The second-order valence-corrected chi connectivity index (χ2v) is 8.09. The molecule has 0 radical (unpaired) electrons. The zero-order valence-electron chi connectivity index (χ0n) is 16.6. The molecule has 0 unspecified atom stereocenters. The summed E-state index contributed by atoms with van der Waals surface area (Å²) in [5.74, 6) is 0.0195. The number of carbonyl (C=O) groups excluding carboxylic acids is 1. The van der Waals surface area contributed by atoms with Gasteiger partial charge < -0.3 is 14.6 Å². The molecule has 1 amide bonds. The Morgan fingerprint density at radius 3 is 2.79 bits per heavy atom. The van der Waals surface area contributed by atoms with E-state index >= 15 is 0 Å². The number of amides is 1. The van der Waals surface area contributed by atoms with Gasteiger partial charge in [-0.2, -0.15) is 0 Å². The fourth-order valence-electron chi connectivity index (χ4n) is 3.38. The monoisotopic (exact) mass is 410 g/mol. The minimum atomic E-state index is 0.0195. The van der Waals surface area contributed by atoms with Crippen molar-refractivity contribution in [2.75, 3.05) is 39.4 Å². The lowest BCUT2D eigenvalue weighted by Gasteiger charge is -2.26. The van der Waals surface area contributed by atoms with Gasteiger partial charge in [0.15, 0.2) is 0 Å². The second kappa shape index (κ2) is 9.35. The third kappa shape index (κ3) is 5.12. The van der Waals surface area contributed by atoms with E-state index < -0.39 is 0 Å². The Morgan fingerprint density at radius 2 is 2.00 bits per heavy atom. The minimum absolute atomic E-state index is 0.0195. The molecule has 1 saturated heterocycles. The van der Waals surface area contributed by atoms with Gasteiger partial charge in [0.1, 0.15) is 11.6 Å². The fraction of sp³-hybridized carbons (Fsp3) is 0.364. The number of hydrogen-bond acceptors (Lipinski definition) is 5. The van der Waals surface area contributed by atoms with Gasteiger partial charge in [0.25, 0.3) is 0 Å². The molecule has 0 atom stereocenters. The molecule has 2 aromatic heterocycles. The number of morpholine rings is 1. The molecule has 1 aliphatic rings. The predicted molar refractivity (Wildman–Crippen MR) is 116 cm³/mol. The average Bonchev–Trinajstić information content (AvgIpc) is 3.39. The van der Waals surface area contributed by atoms with Gasteiger partial charge in [-0.3, -0.25) is 9.69 Å². The standard InChI is InChI=1S/C22H26N4O2S/c1-17-4-6-18(7-5-17)19-16-29-22(24-19)20-3-2-9-26(20)15-21(27)23-8-10-25-11-13-28-14-12-25/h2-7,9,16H,8,10-15H2,1H3,(H,23,27).